The van der Waals surface area contributed by atoms with Crippen LogP contribution in [0.15, 0.2) is 36.8 Å². The number of benzene rings is 1. The molecule has 2 aliphatic rings. The third-order valence-corrected chi connectivity index (χ3v) is 6.69. The molecule has 2 fully saturated rings. The van der Waals surface area contributed by atoms with Crippen molar-refractivity contribution in [2.45, 2.75) is 39.2 Å². The Labute approximate surface area is 188 Å². The smallest absolute Gasteiger partial charge is 0.298 e. The fourth-order valence-corrected chi connectivity index (χ4v) is 4.59. The predicted molar refractivity (Wildman–Crippen MR) is 126 cm³/mol. The number of piperazine rings is 1. The van der Waals surface area contributed by atoms with E-state index in [9.17, 15) is 4.79 Å². The van der Waals surface area contributed by atoms with Gasteiger partial charge in [0.1, 0.15) is 5.75 Å². The summed E-state index contributed by atoms with van der Waals surface area (Å²) < 4.78 is 7.34. The van der Waals surface area contributed by atoms with Crippen molar-refractivity contribution >= 4 is 29.5 Å². The lowest BCUT2D eigenvalue weighted by Crippen LogP contribution is -2.52. The lowest BCUT2D eigenvalue weighted by atomic mass is 9.91. The SMILES string of the molecule is C/C(=C\c1ccc(N2CCN(C3CCC3)CC2)cc1OC=O)c1cn2cc(C)ncc2n1. The van der Waals surface area contributed by atoms with E-state index in [1.165, 1.54) is 19.3 Å². The molecule has 7 nitrogen and oxygen atoms in total. The van der Waals surface area contributed by atoms with Crippen molar-refractivity contribution in [2.75, 3.05) is 31.1 Å². The Kier molecular flexibility index (Phi) is 5.66. The van der Waals surface area contributed by atoms with Crippen molar-refractivity contribution in [1.29, 1.82) is 0 Å². The first-order valence-electron chi connectivity index (χ1n) is 11.3. The number of allylic oxidation sites excluding steroid dienone is 1. The van der Waals surface area contributed by atoms with Gasteiger partial charge in [0.2, 0.25) is 0 Å². The molecule has 0 unspecified atom stereocenters. The fraction of sp³-hybridized carbons (Fsp3) is 0.400. The number of ether oxygens (including phenoxy) is 1. The van der Waals surface area contributed by atoms with Gasteiger partial charge in [0.25, 0.3) is 6.47 Å². The molecule has 1 aliphatic heterocycles. The minimum atomic E-state index is 0.500. The van der Waals surface area contributed by atoms with Crippen LogP contribution in [0.4, 0.5) is 5.69 Å². The maximum atomic E-state index is 11.2. The Morgan fingerprint density at radius 2 is 1.97 bits per heavy atom. The summed E-state index contributed by atoms with van der Waals surface area (Å²) in [5, 5.41) is 0. The highest BCUT2D eigenvalue weighted by atomic mass is 16.5. The largest absolute Gasteiger partial charge is 0.428 e. The van der Waals surface area contributed by atoms with Crippen LogP contribution in [0, 0.1) is 6.92 Å². The summed E-state index contributed by atoms with van der Waals surface area (Å²) in [6.07, 6.45) is 11.8. The number of carbonyl (C=O) groups is 1. The van der Waals surface area contributed by atoms with Crippen LogP contribution in [0.2, 0.25) is 0 Å². The maximum Gasteiger partial charge on any atom is 0.298 e. The summed E-state index contributed by atoms with van der Waals surface area (Å²) in [5.74, 6) is 0.569. The summed E-state index contributed by atoms with van der Waals surface area (Å²) >= 11 is 0. The predicted octanol–water partition coefficient (Wildman–Crippen LogP) is 3.81. The third-order valence-electron chi connectivity index (χ3n) is 6.69. The molecule has 0 bridgehead atoms. The molecule has 2 aromatic heterocycles. The maximum absolute atomic E-state index is 11.2. The van der Waals surface area contributed by atoms with Gasteiger partial charge in [-0.1, -0.05) is 6.42 Å². The Balaban J connectivity index is 1.36. The quantitative estimate of drug-likeness (QED) is 0.553. The van der Waals surface area contributed by atoms with Gasteiger partial charge >= 0.3 is 0 Å². The van der Waals surface area contributed by atoms with E-state index in [1.807, 2.05) is 48.9 Å². The van der Waals surface area contributed by atoms with E-state index in [4.69, 9.17) is 4.74 Å². The van der Waals surface area contributed by atoms with Gasteiger partial charge in [0.05, 0.1) is 17.6 Å². The molecule has 0 spiro atoms. The second-order valence-electron chi connectivity index (χ2n) is 8.79. The zero-order valence-corrected chi connectivity index (χ0v) is 18.7. The van der Waals surface area contributed by atoms with Crippen molar-refractivity contribution in [2.24, 2.45) is 0 Å². The molecule has 5 rings (SSSR count). The molecule has 1 saturated carbocycles. The van der Waals surface area contributed by atoms with E-state index < -0.39 is 0 Å². The Morgan fingerprint density at radius 3 is 2.69 bits per heavy atom. The Morgan fingerprint density at radius 1 is 1.16 bits per heavy atom. The van der Waals surface area contributed by atoms with E-state index in [1.54, 1.807) is 6.20 Å². The topological polar surface area (TPSA) is 63.0 Å². The van der Waals surface area contributed by atoms with Gasteiger partial charge in [0.15, 0.2) is 5.65 Å². The fourth-order valence-electron chi connectivity index (χ4n) is 4.59. The normalized spacial score (nSPS) is 18.1. The highest BCUT2D eigenvalue weighted by Crippen LogP contribution is 2.31. The number of aryl methyl sites for hydroxylation is 1. The minimum absolute atomic E-state index is 0.500. The van der Waals surface area contributed by atoms with Crippen molar-refractivity contribution in [1.82, 2.24) is 19.3 Å². The summed E-state index contributed by atoms with van der Waals surface area (Å²) in [7, 11) is 0. The average molecular weight is 432 g/mol. The molecular weight excluding hydrogens is 402 g/mol. The molecule has 1 aliphatic carbocycles. The first kappa shape index (κ1) is 20.7. The number of fused-ring (bicyclic) bond motifs is 1. The molecular formula is C25H29N5O2. The highest BCUT2D eigenvalue weighted by Gasteiger charge is 2.28. The summed E-state index contributed by atoms with van der Waals surface area (Å²) in [4.78, 5) is 25.2. The van der Waals surface area contributed by atoms with Crippen molar-refractivity contribution in [3.8, 4) is 5.75 Å². The molecule has 0 amide bonds. The molecule has 1 saturated heterocycles. The number of hydrogen-bond donors (Lipinski definition) is 0. The summed E-state index contributed by atoms with van der Waals surface area (Å²) in [6.45, 7) is 8.66. The molecule has 1 aromatic carbocycles. The van der Waals surface area contributed by atoms with Crippen LogP contribution in [-0.4, -0.2) is 58.0 Å². The van der Waals surface area contributed by atoms with E-state index in [0.29, 0.717) is 12.2 Å². The zero-order valence-electron chi connectivity index (χ0n) is 18.7. The van der Waals surface area contributed by atoms with Crippen LogP contribution in [0.3, 0.4) is 0 Å². The van der Waals surface area contributed by atoms with Gasteiger partial charge in [-0.3, -0.25) is 14.7 Å². The second kappa shape index (κ2) is 8.74. The number of imidazole rings is 1. The van der Waals surface area contributed by atoms with Crippen molar-refractivity contribution in [3.05, 3.63) is 53.7 Å². The first-order chi connectivity index (χ1) is 15.6. The van der Waals surface area contributed by atoms with Crippen molar-refractivity contribution in [3.63, 3.8) is 0 Å². The average Bonchev–Trinajstić information content (AvgIpc) is 3.18. The molecule has 0 radical (unpaired) electrons. The number of aromatic nitrogens is 3. The van der Waals surface area contributed by atoms with Gasteiger partial charge in [-0.25, -0.2) is 4.98 Å². The van der Waals surface area contributed by atoms with E-state index in [2.05, 4.69) is 25.8 Å². The molecule has 0 N–H and O–H groups in total. The molecule has 0 atom stereocenters. The van der Waals surface area contributed by atoms with Crippen LogP contribution < -0.4 is 9.64 Å². The molecule has 166 valence electrons. The minimum Gasteiger partial charge on any atom is -0.428 e. The van der Waals surface area contributed by atoms with Crippen LogP contribution in [0.1, 0.15) is 43.1 Å². The summed E-state index contributed by atoms with van der Waals surface area (Å²) in [5.41, 5.74) is 5.56. The highest BCUT2D eigenvalue weighted by molar-refractivity contribution is 5.82. The van der Waals surface area contributed by atoms with Gasteiger partial charge in [-0.05, 0) is 50.5 Å². The Hall–Kier alpha value is -3.19. The van der Waals surface area contributed by atoms with Gasteiger partial charge in [0, 0.05) is 61.9 Å². The number of nitrogens with zero attached hydrogens (tertiary/aromatic N) is 5. The first-order valence-corrected chi connectivity index (χ1v) is 11.3. The van der Waals surface area contributed by atoms with E-state index >= 15 is 0 Å². The number of anilines is 1. The Bertz CT molecular complexity index is 1160. The number of hydrogen-bond acceptors (Lipinski definition) is 6. The molecule has 32 heavy (non-hydrogen) atoms. The third kappa shape index (κ3) is 4.12. The van der Waals surface area contributed by atoms with Gasteiger partial charge < -0.3 is 14.0 Å². The van der Waals surface area contributed by atoms with E-state index in [0.717, 1.165) is 66.1 Å². The van der Waals surface area contributed by atoms with Crippen LogP contribution >= 0.6 is 0 Å². The van der Waals surface area contributed by atoms with Gasteiger partial charge in [-0.15, -0.1) is 0 Å². The zero-order chi connectivity index (χ0) is 22.1. The molecule has 7 heteroatoms. The lowest BCUT2D eigenvalue weighted by molar-refractivity contribution is -0.120. The second-order valence-corrected chi connectivity index (χ2v) is 8.79. The number of carbonyl (C=O) groups excluding carboxylic acids is 1. The molecule has 3 aromatic rings. The molecule has 3 heterocycles. The van der Waals surface area contributed by atoms with Crippen LogP contribution in [0.5, 0.6) is 5.75 Å². The van der Waals surface area contributed by atoms with E-state index in [-0.39, 0.29) is 0 Å². The van der Waals surface area contributed by atoms with Gasteiger partial charge in [-0.2, -0.15) is 0 Å². The monoisotopic (exact) mass is 431 g/mol. The van der Waals surface area contributed by atoms with Crippen molar-refractivity contribution < 1.29 is 9.53 Å². The summed E-state index contributed by atoms with van der Waals surface area (Å²) in [6, 6.07) is 6.91. The van der Waals surface area contributed by atoms with Crippen LogP contribution in [0.25, 0.3) is 17.3 Å². The van der Waals surface area contributed by atoms with Crippen LogP contribution in [-0.2, 0) is 4.79 Å². The number of rotatable bonds is 6. The standard InChI is InChI=1S/C25H29N5O2/c1-18(23-16-30-15-19(2)26-14-25(30)27-23)12-20-6-7-22(13-24(20)32-17-31)29-10-8-28(9-11-29)21-4-3-5-21/h6-7,12-17,21H,3-5,8-11H2,1-2H3/b18-12+. The lowest BCUT2D eigenvalue weighted by Gasteiger charge is -2.43.